The van der Waals surface area contributed by atoms with Crippen molar-refractivity contribution in [2.24, 2.45) is 7.05 Å². The zero-order chi connectivity index (χ0) is 91.0. The molecule has 2 aliphatic heterocycles. The van der Waals surface area contributed by atoms with E-state index in [4.69, 9.17) is 30.3 Å². The predicted octanol–water partition coefficient (Wildman–Crippen LogP) is 15.9. The van der Waals surface area contributed by atoms with E-state index >= 15 is 0 Å². The number of aliphatic carboxylic acids is 1. The Labute approximate surface area is 788 Å². The molecular formula is C61H80Br5Cl2F10N12O11S16+. The maximum atomic E-state index is 13.8. The third-order valence-corrected chi connectivity index (χ3v) is 21.0. The maximum absolute atomic E-state index is 13.8. The van der Waals surface area contributed by atoms with E-state index in [1.54, 1.807) is 88.0 Å². The van der Waals surface area contributed by atoms with E-state index in [9.17, 15) is 71.5 Å². The van der Waals surface area contributed by atoms with Gasteiger partial charge in [0.1, 0.15) is 71.5 Å². The van der Waals surface area contributed by atoms with Crippen LogP contribution in [0.2, 0.25) is 0 Å². The number of amides is 3. The fourth-order valence-electron chi connectivity index (χ4n) is 7.10. The highest BCUT2D eigenvalue weighted by atomic mass is 79.9. The van der Waals surface area contributed by atoms with Crippen molar-refractivity contribution in [1.82, 2.24) is 39.3 Å². The number of rotatable bonds is 4. The molecule has 0 spiro atoms. The molecule has 6 aromatic heterocycles. The van der Waals surface area contributed by atoms with Gasteiger partial charge in [-0.25, -0.2) is 74.1 Å². The molecule has 0 aliphatic carbocycles. The number of hydrogen-bond donors (Lipinski definition) is 5. The number of hydrogen-bond acceptors (Lipinski definition) is 25. The highest BCUT2D eigenvalue weighted by Gasteiger charge is 2.43. The summed E-state index contributed by atoms with van der Waals surface area (Å²) in [5.74, 6) is -2.64. The number of anilines is 3. The first kappa shape index (κ1) is 127. The third kappa shape index (κ3) is 65.5. The number of pyridine rings is 5. The van der Waals surface area contributed by atoms with Gasteiger partial charge in [0, 0.05) is 224 Å². The van der Waals surface area contributed by atoms with Crippen LogP contribution >= 0.6 is 116 Å². The summed E-state index contributed by atoms with van der Waals surface area (Å²) in [7, 11) is 10.5. The second kappa shape index (κ2) is 65.7. The fraction of sp³-hybridized carbons (Fsp3) is 0.459. The summed E-state index contributed by atoms with van der Waals surface area (Å²) in [5, 5.41) is 23.5. The number of aryl methyl sites for hydroxylation is 6. The van der Waals surface area contributed by atoms with Crippen molar-refractivity contribution < 1.29 is 101 Å². The summed E-state index contributed by atoms with van der Waals surface area (Å²) in [6, 6.07) is 4.64. The highest BCUT2D eigenvalue weighted by Crippen LogP contribution is 2.28. The van der Waals surface area contributed by atoms with Crippen LogP contribution < -0.4 is 21.1 Å². The van der Waals surface area contributed by atoms with Crippen molar-refractivity contribution >= 4 is 316 Å². The summed E-state index contributed by atoms with van der Waals surface area (Å²) in [4.78, 5) is 77.0. The Morgan fingerprint density at radius 3 is 1.34 bits per heavy atom. The third-order valence-electron chi connectivity index (χ3n) is 11.4. The van der Waals surface area contributed by atoms with Crippen LogP contribution in [0.25, 0.3) is 0 Å². The van der Waals surface area contributed by atoms with Crippen molar-refractivity contribution in [3.8, 4) is 0 Å². The largest absolute Gasteiger partial charge is 0.480 e. The lowest BCUT2D eigenvalue weighted by molar-refractivity contribution is -0.914. The topological polar surface area (TPSA) is 308 Å². The Morgan fingerprint density at radius 1 is 0.667 bits per heavy atom. The summed E-state index contributed by atoms with van der Waals surface area (Å²) in [5.41, 5.74) is 7.20. The number of carbonyl (C=O) groups excluding carboxylic acids is 4. The van der Waals surface area contributed by atoms with Crippen molar-refractivity contribution in [1.29, 1.82) is 0 Å². The van der Waals surface area contributed by atoms with E-state index in [0.717, 1.165) is 36.1 Å². The number of nitrogens with two attached hydrogens (primary N) is 1. The van der Waals surface area contributed by atoms with E-state index in [-0.39, 0.29) is 104 Å². The molecule has 2 fully saturated rings. The number of imidazole rings is 1. The molecule has 117 heavy (non-hydrogen) atoms. The Hall–Kier alpha value is -2.83. The summed E-state index contributed by atoms with van der Waals surface area (Å²) < 4.78 is 155. The molecule has 4 atom stereocenters. The number of nitrogens with one attached hydrogen (secondary N) is 2. The molecule has 0 radical (unpaired) electrons. The molecule has 8 rings (SSSR count). The standard InChI is InChI=1S/C16H20BrF2N3O3.C10H14BrFN2.C10H16FNO4.C6H6BrFN2.C6H6BrFNO.C6H5BrFN.C4H6N2.C2HF3O.CH3ClO2S.ClH.S5.S4.S3.S2.H2S/c1-8-5-10(19)12(17)20-13(8)21-14(23)11-6-9(18)7-22(11)15(24)25-16(2,3)4;1-6-5-7(12)8(11)13-9(6)14-10(2,3)4;1-10(2,3)16-9(15)12-5-6(11)4-7(12)8(13)14;1-3-2-4(8)5(7)10-6(3)9;1-4-2-5(8)6(7)9(10)3-4;1-4-2-5(8)6(7)9-3-4;1-6-3-2-5-4-6;3-2(4,5)1-6;1-5(2,3)4;;1-3-5-4-2;1-3-4-2;1-3-2;1-2;/h5,9,11H,6-7H2,1-4H3,(H,20,21,23);5H,1-4H3,(H,13,14);6-7H,4-5H2,1-3H3,(H,13,14);2H,1H3,(H2,9,10);2-3,10H,1H3;2-3H,1H3;2-4H,1H3;1H;1H3;1H;;;;;1H2/q;;;;+1;;;;;;;;;;/t9-,11+;;6-,7+;;;;;;;;;;;;/m1.1............/s1. The van der Waals surface area contributed by atoms with Gasteiger partial charge in [0.15, 0.2) is 23.3 Å². The maximum Gasteiger partial charge on any atom is 0.446 e. The SMILES string of the molecule is CC(C)(C)OC(=O)N1C[C@H](F)C[C@H]1C(=O)O.CS(=O)(=O)Cl.Cc1cc(F)c(Br)[n+](O)c1.Cc1cc(F)c(Br)nc1N.Cc1cc(F)c(Br)nc1NC(=O)[C@@H]1C[C@@H](F)CN1C(=O)OC(C)(C)C.Cc1cc(F)c(Br)nc1NC(C)(C)C.Cc1cnc(Br)c(F)c1.Cl.Cn1ccnc1.O=CC(F)(F)F.S.S=S.S=S=S.S=S=S=S.S=S=S=S=S. The second-order valence-electron chi connectivity index (χ2n) is 24.7. The first-order valence-electron chi connectivity index (χ1n) is 30.5. The lowest BCUT2D eigenvalue weighted by Gasteiger charge is -2.27. The van der Waals surface area contributed by atoms with E-state index in [1.807, 2.05) is 45.5 Å². The van der Waals surface area contributed by atoms with Crippen LogP contribution in [0.1, 0.15) is 103 Å². The predicted molar refractivity (Wildman–Crippen MR) is 496 cm³/mol. The zero-order valence-electron chi connectivity index (χ0n) is 63.7. The van der Waals surface area contributed by atoms with Gasteiger partial charge < -0.3 is 35.5 Å². The zero-order valence-corrected chi connectivity index (χ0v) is 86.5. The molecule has 2 aliphatic rings. The number of aldehydes is 1. The van der Waals surface area contributed by atoms with Crippen LogP contribution in [0.4, 0.5) is 70.9 Å². The summed E-state index contributed by atoms with van der Waals surface area (Å²) >= 11 is 47.8. The van der Waals surface area contributed by atoms with Gasteiger partial charge in [0.05, 0.1) is 25.7 Å². The number of nitrogens with zero attached hydrogens (tertiary/aromatic N) is 9. The summed E-state index contributed by atoms with van der Waals surface area (Å²) in [6.07, 6.45) is -0.827. The lowest BCUT2D eigenvalue weighted by Crippen LogP contribution is -2.45. The molecule has 664 valence electrons. The van der Waals surface area contributed by atoms with E-state index in [0.29, 0.717) is 33.1 Å². The quantitative estimate of drug-likeness (QED) is 0.0273. The second-order valence-corrected chi connectivity index (χ2v) is 42.2. The van der Waals surface area contributed by atoms with Gasteiger partial charge in [0.2, 0.25) is 33.3 Å². The number of carbonyl (C=O) groups is 5. The van der Waals surface area contributed by atoms with Gasteiger partial charge in [-0.05, 0) is 213 Å². The Bertz CT molecular complexity index is 4400. The number of carboxylic acid groups (broad SMARTS) is 1. The molecule has 0 saturated carbocycles. The van der Waals surface area contributed by atoms with Gasteiger partial charge in [-0.15, -0.1) is 12.4 Å². The Morgan fingerprint density at radius 2 is 1.03 bits per heavy atom. The monoisotopic (exact) mass is 2320 g/mol. The summed E-state index contributed by atoms with van der Waals surface area (Å²) in [6.45, 7) is 24.3. The van der Waals surface area contributed by atoms with Gasteiger partial charge >= 0.3 is 28.9 Å². The van der Waals surface area contributed by atoms with Crippen LogP contribution in [0, 0.1) is 63.7 Å². The van der Waals surface area contributed by atoms with Crippen LogP contribution in [0.15, 0.2) is 84.5 Å². The lowest BCUT2D eigenvalue weighted by atomic mass is 10.1. The molecule has 8 heterocycles. The van der Waals surface area contributed by atoms with Crippen molar-refractivity contribution in [2.75, 3.05) is 35.7 Å². The minimum atomic E-state index is -4.64. The number of likely N-dealkylation sites (tertiary alicyclic amines) is 2. The minimum absolute atomic E-state index is 0. The van der Waals surface area contributed by atoms with Crippen LogP contribution in [-0.4, -0.2) is 155 Å². The molecular weight excluding hydrogens is 2250 g/mol. The van der Waals surface area contributed by atoms with Crippen LogP contribution in [-0.2, 0) is 183 Å². The first-order chi connectivity index (χ1) is 52.6. The number of ether oxygens (including phenoxy) is 2. The van der Waals surface area contributed by atoms with E-state index in [1.165, 1.54) is 80.9 Å². The van der Waals surface area contributed by atoms with Gasteiger partial charge in [-0.3, -0.25) is 24.6 Å². The molecule has 6 N–H and O–H groups in total. The number of nitrogen functional groups attached to an aromatic ring is 1. The van der Waals surface area contributed by atoms with Crippen LogP contribution in [0.5, 0.6) is 0 Å². The normalized spacial score (nSPS) is 13.8. The number of halogens is 17. The van der Waals surface area contributed by atoms with Gasteiger partial charge in [-0.1, -0.05) is 0 Å². The highest BCUT2D eigenvalue weighted by molar-refractivity contribution is 9.11. The number of alkyl halides is 5. The molecule has 0 bridgehead atoms. The molecule has 23 nitrogen and oxygen atoms in total. The smallest absolute Gasteiger partial charge is 0.446 e. The van der Waals surface area contributed by atoms with Crippen LogP contribution in [0.3, 0.4) is 0 Å². The number of carboxylic acids is 1. The van der Waals surface area contributed by atoms with Gasteiger partial charge in [0.25, 0.3) is 0 Å². The van der Waals surface area contributed by atoms with Crippen molar-refractivity contribution in [3.63, 3.8) is 0 Å². The molecule has 56 heteroatoms. The average Bonchev–Trinajstić information content (AvgIpc) is 1.76. The number of aromatic nitrogens is 7. The van der Waals surface area contributed by atoms with Crippen molar-refractivity contribution in [3.05, 3.63) is 141 Å². The van der Waals surface area contributed by atoms with Gasteiger partial charge in [-0.2, -0.15) is 31.1 Å². The van der Waals surface area contributed by atoms with E-state index in [2.05, 4.69) is 215 Å². The first-order valence-corrected chi connectivity index (χ1v) is 50.5. The molecule has 2 saturated heterocycles. The average molecular weight is 2330 g/mol. The molecule has 3 amide bonds. The van der Waals surface area contributed by atoms with Crippen molar-refractivity contribution in [2.45, 2.75) is 157 Å². The molecule has 0 unspecified atom stereocenters. The molecule has 6 aromatic rings. The van der Waals surface area contributed by atoms with E-state index < -0.39 is 92.8 Å². The Balaban J connectivity index is -0.000000236. The Kier molecular flexibility index (Phi) is 71.5. The molecule has 0 aromatic carbocycles. The fourth-order valence-corrected chi connectivity index (χ4v) is 11.2. The minimum Gasteiger partial charge on any atom is -0.480 e.